The lowest BCUT2D eigenvalue weighted by atomic mass is 9.89. The summed E-state index contributed by atoms with van der Waals surface area (Å²) in [6.07, 6.45) is 9.34. The highest BCUT2D eigenvalue weighted by molar-refractivity contribution is 9.12. The van der Waals surface area contributed by atoms with E-state index in [1.807, 2.05) is 24.3 Å². The number of allylic oxidation sites excluding steroid dienone is 2. The van der Waals surface area contributed by atoms with Crippen molar-refractivity contribution in [1.82, 2.24) is 0 Å². The van der Waals surface area contributed by atoms with Crippen LogP contribution in [-0.2, 0) is 11.2 Å². The van der Waals surface area contributed by atoms with Gasteiger partial charge >= 0.3 is 5.97 Å². The topological polar surface area (TPSA) is 98.0 Å². The number of aliphatic hydroxyl groups excluding tert-OH is 3. The van der Waals surface area contributed by atoms with Crippen molar-refractivity contribution in [1.29, 1.82) is 0 Å². The lowest BCUT2D eigenvalue weighted by Crippen LogP contribution is -2.20. The van der Waals surface area contributed by atoms with Crippen LogP contribution in [0, 0.1) is 11.8 Å². The van der Waals surface area contributed by atoms with E-state index >= 15 is 0 Å². The van der Waals surface area contributed by atoms with Gasteiger partial charge in [-0.15, -0.1) is 11.3 Å². The second-order valence-electron chi connectivity index (χ2n) is 7.45. The average molecular weight is 552 g/mol. The van der Waals surface area contributed by atoms with Gasteiger partial charge in [-0.25, -0.2) is 0 Å². The van der Waals surface area contributed by atoms with E-state index in [9.17, 15) is 20.1 Å². The highest BCUT2D eigenvalue weighted by Gasteiger charge is 2.39. The Kier molecular flexibility index (Phi) is 10.6. The fourth-order valence-corrected chi connectivity index (χ4v) is 6.56. The second kappa shape index (κ2) is 12.4. The third kappa shape index (κ3) is 8.26. The maximum Gasteiger partial charge on any atom is 0.303 e. The molecule has 0 unspecified atom stereocenters. The number of hydrogen-bond donors (Lipinski definition) is 4. The zero-order valence-electron chi connectivity index (χ0n) is 16.1. The summed E-state index contributed by atoms with van der Waals surface area (Å²) < 4.78 is 2.11. The Labute approximate surface area is 192 Å². The van der Waals surface area contributed by atoms with Crippen LogP contribution < -0.4 is 0 Å². The van der Waals surface area contributed by atoms with Crippen LogP contribution in [0.5, 0.6) is 0 Å². The Bertz CT molecular complexity index is 718. The van der Waals surface area contributed by atoms with Gasteiger partial charge in [-0.1, -0.05) is 24.3 Å². The van der Waals surface area contributed by atoms with Gasteiger partial charge in [-0.2, -0.15) is 0 Å². The quantitative estimate of drug-likeness (QED) is 0.236. The molecular weight excluding hydrogens is 524 g/mol. The predicted octanol–water partition coefficient (Wildman–Crippen LogP) is 4.68. The molecule has 5 atom stereocenters. The number of carboxylic acids is 1. The van der Waals surface area contributed by atoms with Gasteiger partial charge in [-0.05, 0) is 81.5 Å². The molecule has 1 aromatic rings. The van der Waals surface area contributed by atoms with Gasteiger partial charge < -0.3 is 20.4 Å². The molecule has 1 aliphatic carbocycles. The first kappa shape index (κ1) is 24.8. The van der Waals surface area contributed by atoms with E-state index < -0.39 is 24.3 Å². The van der Waals surface area contributed by atoms with Crippen molar-refractivity contribution >= 4 is 49.2 Å². The standard InChI is InChI=1S/C21H28Br2O5S/c22-19-11-13(21(23)29-19)7-8-14(24)9-10-16-15(17(25)12-18(16)26)5-3-1-2-4-6-20(27)28/h1,3,9-11,14-18,24-26H,2,4-8,12H2,(H,27,28)/b3-1-,10-9+/t14-,15-,16-,17+,18+/m1/s1. The van der Waals surface area contributed by atoms with Crippen molar-refractivity contribution in [3.63, 3.8) is 0 Å². The number of aryl methyl sites for hydroxylation is 1. The number of thiophene rings is 1. The summed E-state index contributed by atoms with van der Waals surface area (Å²) in [5.74, 6) is -1.10. The highest BCUT2D eigenvalue weighted by Crippen LogP contribution is 2.36. The van der Waals surface area contributed by atoms with Crippen LogP contribution in [-0.4, -0.2) is 44.7 Å². The van der Waals surface area contributed by atoms with Gasteiger partial charge in [0.25, 0.3) is 0 Å². The van der Waals surface area contributed by atoms with Gasteiger partial charge in [0.2, 0.25) is 0 Å². The van der Waals surface area contributed by atoms with Gasteiger partial charge in [0.1, 0.15) is 0 Å². The largest absolute Gasteiger partial charge is 0.481 e. The first-order valence-electron chi connectivity index (χ1n) is 9.81. The molecular formula is C21H28Br2O5S. The van der Waals surface area contributed by atoms with E-state index in [4.69, 9.17) is 5.11 Å². The van der Waals surface area contributed by atoms with E-state index in [0.717, 1.165) is 19.6 Å². The molecule has 1 fully saturated rings. The average Bonchev–Trinajstić information content (AvgIpc) is 3.11. The Morgan fingerprint density at radius 2 is 2.03 bits per heavy atom. The van der Waals surface area contributed by atoms with Crippen molar-refractivity contribution < 1.29 is 25.2 Å². The molecule has 1 heterocycles. The van der Waals surface area contributed by atoms with E-state index in [2.05, 4.69) is 31.9 Å². The molecule has 4 N–H and O–H groups in total. The molecule has 0 saturated heterocycles. The summed E-state index contributed by atoms with van der Waals surface area (Å²) in [6, 6.07) is 2.04. The van der Waals surface area contributed by atoms with Crippen molar-refractivity contribution in [2.75, 3.05) is 0 Å². The summed E-state index contributed by atoms with van der Waals surface area (Å²) in [4.78, 5) is 10.5. The molecule has 5 nitrogen and oxygen atoms in total. The number of rotatable bonds is 11. The van der Waals surface area contributed by atoms with Crippen LogP contribution >= 0.6 is 43.2 Å². The maximum atomic E-state index is 10.5. The molecule has 29 heavy (non-hydrogen) atoms. The summed E-state index contributed by atoms with van der Waals surface area (Å²) >= 11 is 8.58. The minimum atomic E-state index is -0.796. The zero-order chi connectivity index (χ0) is 21.4. The normalized spacial score (nSPS) is 26.0. The Morgan fingerprint density at radius 3 is 2.69 bits per heavy atom. The first-order chi connectivity index (χ1) is 13.8. The maximum absolute atomic E-state index is 10.5. The van der Waals surface area contributed by atoms with E-state index in [0.29, 0.717) is 32.1 Å². The number of hydrogen-bond acceptors (Lipinski definition) is 5. The summed E-state index contributed by atoms with van der Waals surface area (Å²) in [6.45, 7) is 0. The SMILES string of the molecule is O=C(O)CCC/C=C\C[C@@H]1[C@@H](/C=C/[C@H](O)CCc2cc(Br)sc2Br)[C@@H](O)C[C@@H]1O. The summed E-state index contributed by atoms with van der Waals surface area (Å²) in [5, 5.41) is 39.5. The zero-order valence-corrected chi connectivity index (χ0v) is 20.1. The van der Waals surface area contributed by atoms with Gasteiger partial charge in [-0.3, -0.25) is 4.79 Å². The monoisotopic (exact) mass is 550 g/mol. The van der Waals surface area contributed by atoms with Gasteiger partial charge in [0.15, 0.2) is 0 Å². The smallest absolute Gasteiger partial charge is 0.303 e. The summed E-state index contributed by atoms with van der Waals surface area (Å²) in [5.41, 5.74) is 1.15. The van der Waals surface area contributed by atoms with Crippen LogP contribution in [0.4, 0.5) is 0 Å². The molecule has 0 radical (unpaired) electrons. The molecule has 0 aromatic carbocycles. The number of carboxylic acid groups (broad SMARTS) is 1. The third-order valence-electron chi connectivity index (χ3n) is 5.24. The van der Waals surface area contributed by atoms with Crippen LogP contribution in [0.3, 0.4) is 0 Å². The molecule has 0 bridgehead atoms. The van der Waals surface area contributed by atoms with Gasteiger partial charge in [0.05, 0.1) is 25.9 Å². The predicted molar refractivity (Wildman–Crippen MR) is 122 cm³/mol. The number of aliphatic carboxylic acids is 1. The number of unbranched alkanes of at least 4 members (excludes halogenated alkanes) is 1. The molecule has 1 aromatic heterocycles. The lowest BCUT2D eigenvalue weighted by Gasteiger charge is -2.19. The van der Waals surface area contributed by atoms with E-state index in [1.54, 1.807) is 17.4 Å². The van der Waals surface area contributed by atoms with Crippen LogP contribution in [0.1, 0.15) is 44.1 Å². The first-order valence-corrected chi connectivity index (χ1v) is 12.2. The molecule has 2 rings (SSSR count). The molecule has 1 aliphatic rings. The molecule has 0 amide bonds. The fraction of sp³-hybridized carbons (Fsp3) is 0.571. The lowest BCUT2D eigenvalue weighted by molar-refractivity contribution is -0.137. The molecule has 162 valence electrons. The number of halogens is 2. The Hall–Kier alpha value is -0.510. The van der Waals surface area contributed by atoms with E-state index in [1.165, 1.54) is 0 Å². The van der Waals surface area contributed by atoms with Gasteiger partial charge in [0, 0.05) is 18.8 Å². The van der Waals surface area contributed by atoms with Crippen LogP contribution in [0.15, 0.2) is 37.9 Å². The molecule has 1 saturated carbocycles. The molecule has 0 spiro atoms. The Morgan fingerprint density at radius 1 is 1.28 bits per heavy atom. The summed E-state index contributed by atoms with van der Waals surface area (Å²) in [7, 11) is 0. The molecule has 0 aliphatic heterocycles. The minimum Gasteiger partial charge on any atom is -0.481 e. The molecule has 8 heteroatoms. The second-order valence-corrected chi connectivity index (χ2v) is 11.2. The fourth-order valence-electron chi connectivity index (χ4n) is 3.65. The van der Waals surface area contributed by atoms with Crippen molar-refractivity contribution in [2.24, 2.45) is 11.8 Å². The number of aliphatic hydroxyl groups is 3. The van der Waals surface area contributed by atoms with Crippen molar-refractivity contribution in [2.45, 2.75) is 63.3 Å². The van der Waals surface area contributed by atoms with Crippen LogP contribution in [0.2, 0.25) is 0 Å². The third-order valence-corrected chi connectivity index (χ3v) is 7.71. The number of carbonyl (C=O) groups is 1. The highest BCUT2D eigenvalue weighted by atomic mass is 79.9. The van der Waals surface area contributed by atoms with Crippen molar-refractivity contribution in [3.8, 4) is 0 Å². The van der Waals surface area contributed by atoms with Crippen LogP contribution in [0.25, 0.3) is 0 Å². The minimum absolute atomic E-state index is 0.105. The Balaban J connectivity index is 1.84. The van der Waals surface area contributed by atoms with E-state index in [-0.39, 0.29) is 18.3 Å². The van der Waals surface area contributed by atoms with Crippen molar-refractivity contribution in [3.05, 3.63) is 43.5 Å².